The summed E-state index contributed by atoms with van der Waals surface area (Å²) in [6, 6.07) is 13.7. The van der Waals surface area contributed by atoms with Gasteiger partial charge in [-0.1, -0.05) is 26.3 Å². The smallest absolute Gasteiger partial charge is 0.248 e. The van der Waals surface area contributed by atoms with E-state index >= 15 is 0 Å². The average Bonchev–Trinajstić information content (AvgIpc) is 3.29. The van der Waals surface area contributed by atoms with Crippen LogP contribution in [0.25, 0.3) is 11.3 Å². The monoisotopic (exact) mass is 478 g/mol. The van der Waals surface area contributed by atoms with Gasteiger partial charge in [0.2, 0.25) is 5.91 Å². The number of piperidine rings is 1. The van der Waals surface area contributed by atoms with Gasteiger partial charge in [0.15, 0.2) is 5.13 Å². The summed E-state index contributed by atoms with van der Waals surface area (Å²) < 4.78 is 5.95. The SMILES string of the molecule is CC(C)Cc1ccc(C(N)=O)cc1Nc1nc(-c2ccc(OCCN3CCCCC3)cc2)cs1. The van der Waals surface area contributed by atoms with Crippen molar-refractivity contribution < 1.29 is 9.53 Å². The number of thiazole rings is 1. The number of anilines is 2. The molecule has 3 N–H and O–H groups in total. The molecule has 180 valence electrons. The van der Waals surface area contributed by atoms with Gasteiger partial charge < -0.3 is 15.8 Å². The molecule has 0 saturated carbocycles. The first-order chi connectivity index (χ1) is 16.5. The van der Waals surface area contributed by atoms with Gasteiger partial charge in [0, 0.05) is 28.7 Å². The summed E-state index contributed by atoms with van der Waals surface area (Å²) in [7, 11) is 0. The molecular weight excluding hydrogens is 444 g/mol. The molecule has 1 fully saturated rings. The van der Waals surface area contributed by atoms with Gasteiger partial charge in [0.1, 0.15) is 12.4 Å². The predicted octanol–water partition coefficient (Wildman–Crippen LogP) is 5.72. The van der Waals surface area contributed by atoms with E-state index in [2.05, 4.69) is 24.1 Å². The van der Waals surface area contributed by atoms with Crippen LogP contribution in [0.4, 0.5) is 10.8 Å². The Morgan fingerprint density at radius 3 is 2.62 bits per heavy atom. The number of carbonyl (C=O) groups excluding carboxylic acids is 1. The molecule has 0 radical (unpaired) electrons. The van der Waals surface area contributed by atoms with E-state index in [-0.39, 0.29) is 0 Å². The first-order valence-electron chi connectivity index (χ1n) is 12.1. The van der Waals surface area contributed by atoms with Crippen LogP contribution in [0.15, 0.2) is 47.8 Å². The first kappa shape index (κ1) is 24.2. The van der Waals surface area contributed by atoms with Crippen LogP contribution in [0.2, 0.25) is 0 Å². The molecular formula is C27H34N4O2S. The van der Waals surface area contributed by atoms with Gasteiger partial charge in [0.25, 0.3) is 0 Å². The predicted molar refractivity (Wildman–Crippen MR) is 140 cm³/mol. The van der Waals surface area contributed by atoms with E-state index in [1.165, 1.54) is 43.7 Å². The van der Waals surface area contributed by atoms with E-state index < -0.39 is 5.91 Å². The molecule has 1 amide bonds. The van der Waals surface area contributed by atoms with E-state index in [0.29, 0.717) is 18.1 Å². The highest BCUT2D eigenvalue weighted by molar-refractivity contribution is 7.14. The summed E-state index contributed by atoms with van der Waals surface area (Å²) in [6.45, 7) is 8.43. The second kappa shape index (κ2) is 11.5. The van der Waals surface area contributed by atoms with Gasteiger partial charge >= 0.3 is 0 Å². The van der Waals surface area contributed by atoms with E-state index in [0.717, 1.165) is 46.4 Å². The Morgan fingerprint density at radius 1 is 1.15 bits per heavy atom. The fourth-order valence-electron chi connectivity index (χ4n) is 4.24. The number of nitrogens with one attached hydrogen (secondary N) is 1. The molecule has 0 aliphatic carbocycles. The highest BCUT2D eigenvalue weighted by Gasteiger charge is 2.12. The Morgan fingerprint density at radius 2 is 1.91 bits per heavy atom. The van der Waals surface area contributed by atoms with Crippen LogP contribution in [-0.4, -0.2) is 42.0 Å². The van der Waals surface area contributed by atoms with Crippen LogP contribution >= 0.6 is 11.3 Å². The Bertz CT molecular complexity index is 1090. The fraction of sp³-hybridized carbons (Fsp3) is 0.407. The molecule has 2 heterocycles. The summed E-state index contributed by atoms with van der Waals surface area (Å²) in [5.74, 6) is 0.945. The highest BCUT2D eigenvalue weighted by atomic mass is 32.1. The van der Waals surface area contributed by atoms with Crippen LogP contribution in [0.3, 0.4) is 0 Å². The lowest BCUT2D eigenvalue weighted by Gasteiger charge is -2.26. The maximum absolute atomic E-state index is 11.7. The van der Waals surface area contributed by atoms with Crippen molar-refractivity contribution >= 4 is 28.1 Å². The molecule has 0 atom stereocenters. The molecule has 1 aliphatic rings. The summed E-state index contributed by atoms with van der Waals surface area (Å²) in [5, 5.41) is 6.22. The van der Waals surface area contributed by atoms with E-state index in [1.807, 2.05) is 41.8 Å². The van der Waals surface area contributed by atoms with Crippen LogP contribution in [0.1, 0.15) is 49.0 Å². The quantitative estimate of drug-likeness (QED) is 0.390. The van der Waals surface area contributed by atoms with E-state index in [9.17, 15) is 4.79 Å². The number of rotatable bonds is 10. The van der Waals surface area contributed by atoms with Gasteiger partial charge in [-0.3, -0.25) is 9.69 Å². The largest absolute Gasteiger partial charge is 0.492 e. The number of hydrogen-bond acceptors (Lipinski definition) is 6. The number of benzene rings is 2. The van der Waals surface area contributed by atoms with Crippen molar-refractivity contribution in [3.63, 3.8) is 0 Å². The second-order valence-corrected chi connectivity index (χ2v) is 10.1. The third kappa shape index (κ3) is 6.58. The lowest BCUT2D eigenvalue weighted by atomic mass is 9.99. The third-order valence-corrected chi connectivity index (χ3v) is 6.80. The number of aromatic nitrogens is 1. The van der Waals surface area contributed by atoms with Crippen molar-refractivity contribution in [2.45, 2.75) is 39.5 Å². The molecule has 0 unspecified atom stereocenters. The standard InChI is InChI=1S/C27H34N4O2S/c1-19(2)16-21-6-7-22(26(28)32)17-24(21)29-27-30-25(18-34-27)20-8-10-23(11-9-20)33-15-14-31-12-4-3-5-13-31/h6-11,17-19H,3-5,12-16H2,1-2H3,(H2,28,32)(H,29,30). The summed E-state index contributed by atoms with van der Waals surface area (Å²) >= 11 is 1.54. The van der Waals surface area contributed by atoms with Gasteiger partial charge in [-0.25, -0.2) is 4.98 Å². The van der Waals surface area contributed by atoms with Crippen LogP contribution in [0.5, 0.6) is 5.75 Å². The number of ether oxygens (including phenoxy) is 1. The van der Waals surface area contributed by atoms with E-state index in [4.69, 9.17) is 15.5 Å². The Hall–Kier alpha value is -2.90. The van der Waals surface area contributed by atoms with Crippen molar-refractivity contribution in [2.24, 2.45) is 11.7 Å². The van der Waals surface area contributed by atoms with Gasteiger partial charge in [-0.2, -0.15) is 0 Å². The minimum atomic E-state index is -0.433. The van der Waals surface area contributed by atoms with Crippen LogP contribution in [-0.2, 0) is 6.42 Å². The number of amides is 1. The zero-order chi connectivity index (χ0) is 23.9. The third-order valence-electron chi connectivity index (χ3n) is 6.04. The Labute approximate surface area is 206 Å². The van der Waals surface area contributed by atoms with Crippen molar-refractivity contribution in [1.82, 2.24) is 9.88 Å². The molecule has 0 spiro atoms. The van der Waals surface area contributed by atoms with Crippen molar-refractivity contribution in [3.05, 3.63) is 59.0 Å². The van der Waals surface area contributed by atoms with Gasteiger partial charge in [-0.15, -0.1) is 11.3 Å². The Kier molecular flexibility index (Phi) is 8.19. The summed E-state index contributed by atoms with van der Waals surface area (Å²) in [5.41, 5.74) is 9.95. The fourth-order valence-corrected chi connectivity index (χ4v) is 4.97. The number of nitrogens with two attached hydrogens (primary N) is 1. The van der Waals surface area contributed by atoms with Gasteiger partial charge in [-0.05, 0) is 80.2 Å². The molecule has 3 aromatic rings. The Balaban J connectivity index is 1.39. The minimum Gasteiger partial charge on any atom is -0.492 e. The van der Waals surface area contributed by atoms with Crippen molar-refractivity contribution in [1.29, 1.82) is 0 Å². The van der Waals surface area contributed by atoms with Crippen LogP contribution < -0.4 is 15.8 Å². The molecule has 1 saturated heterocycles. The number of carbonyl (C=O) groups is 1. The number of likely N-dealkylation sites (tertiary alicyclic amines) is 1. The molecule has 4 rings (SSSR count). The van der Waals surface area contributed by atoms with Crippen molar-refractivity contribution in [2.75, 3.05) is 31.6 Å². The topological polar surface area (TPSA) is 80.5 Å². The molecule has 34 heavy (non-hydrogen) atoms. The normalized spacial score (nSPS) is 14.3. The minimum absolute atomic E-state index is 0.433. The molecule has 1 aromatic heterocycles. The molecule has 7 heteroatoms. The van der Waals surface area contributed by atoms with Gasteiger partial charge in [0.05, 0.1) is 5.69 Å². The summed E-state index contributed by atoms with van der Waals surface area (Å²) in [6.07, 6.45) is 4.86. The number of nitrogens with zero attached hydrogens (tertiary/aromatic N) is 2. The van der Waals surface area contributed by atoms with E-state index in [1.54, 1.807) is 6.07 Å². The molecule has 6 nitrogen and oxygen atoms in total. The lowest BCUT2D eigenvalue weighted by Crippen LogP contribution is -2.33. The van der Waals surface area contributed by atoms with Crippen molar-refractivity contribution in [3.8, 4) is 17.0 Å². The maximum atomic E-state index is 11.7. The molecule has 2 aromatic carbocycles. The average molecular weight is 479 g/mol. The lowest BCUT2D eigenvalue weighted by molar-refractivity contribution is 0.100. The maximum Gasteiger partial charge on any atom is 0.248 e. The summed E-state index contributed by atoms with van der Waals surface area (Å²) in [4.78, 5) is 18.9. The highest BCUT2D eigenvalue weighted by Crippen LogP contribution is 2.30. The second-order valence-electron chi connectivity index (χ2n) is 9.27. The molecule has 0 bridgehead atoms. The molecule has 1 aliphatic heterocycles. The van der Waals surface area contributed by atoms with Crippen LogP contribution in [0, 0.1) is 5.92 Å². The first-order valence-corrected chi connectivity index (χ1v) is 13.0. The zero-order valence-electron chi connectivity index (χ0n) is 20.0. The number of hydrogen-bond donors (Lipinski definition) is 2. The zero-order valence-corrected chi connectivity index (χ0v) is 20.9. The number of primary amides is 1.